The van der Waals surface area contributed by atoms with Crippen LogP contribution in [-0.4, -0.2) is 76.9 Å². The number of rotatable bonds is 6. The van der Waals surface area contributed by atoms with E-state index in [0.717, 1.165) is 5.69 Å². The lowest BCUT2D eigenvalue weighted by molar-refractivity contribution is 0.0913. The molecule has 5 rings (SSSR count). The molecule has 0 spiro atoms. The first-order valence-electron chi connectivity index (χ1n) is 12.4. The molecular weight excluding hydrogens is 499 g/mol. The molecule has 37 heavy (non-hydrogen) atoms. The van der Waals surface area contributed by atoms with Gasteiger partial charge in [0.25, 0.3) is 5.91 Å². The maximum atomic E-state index is 14.7. The molecule has 4 atom stereocenters. The molecule has 0 saturated carbocycles. The first-order chi connectivity index (χ1) is 17.7. The quantitative estimate of drug-likeness (QED) is 0.432. The minimum Gasteiger partial charge on any atom is -0.496 e. The highest BCUT2D eigenvalue weighted by Crippen LogP contribution is 2.36. The SMILES string of the molecule is COc1cccc(F)c1C1CC2C(CN1)NNC2NC(=O)c1ccc(N2CCN(S(C)(=O)=O)CC2)cc1. The number of hydrogen-bond donors (Lipinski definition) is 4. The van der Waals surface area contributed by atoms with Gasteiger partial charge in [0.1, 0.15) is 11.6 Å². The molecule has 3 aliphatic rings. The van der Waals surface area contributed by atoms with Crippen LogP contribution in [0.4, 0.5) is 10.1 Å². The minimum atomic E-state index is -3.18. The van der Waals surface area contributed by atoms with Gasteiger partial charge in [-0.05, 0) is 42.8 Å². The number of hydrazine groups is 1. The van der Waals surface area contributed by atoms with Gasteiger partial charge in [-0.3, -0.25) is 10.2 Å². The summed E-state index contributed by atoms with van der Waals surface area (Å²) in [4.78, 5) is 15.2. The zero-order chi connectivity index (χ0) is 26.2. The van der Waals surface area contributed by atoms with E-state index in [-0.39, 0.29) is 35.9 Å². The molecule has 4 unspecified atom stereocenters. The molecule has 0 radical (unpaired) electrons. The number of methoxy groups -OCH3 is 1. The zero-order valence-electron chi connectivity index (χ0n) is 20.9. The predicted octanol–water partition coefficient (Wildman–Crippen LogP) is 0.799. The molecule has 200 valence electrons. The van der Waals surface area contributed by atoms with Crippen LogP contribution in [0, 0.1) is 11.7 Å². The monoisotopic (exact) mass is 532 g/mol. The Labute approximate surface area is 216 Å². The van der Waals surface area contributed by atoms with Crippen molar-refractivity contribution < 1.29 is 22.3 Å². The molecule has 4 N–H and O–H groups in total. The summed E-state index contributed by atoms with van der Waals surface area (Å²) in [6, 6.07) is 12.0. The first-order valence-corrected chi connectivity index (χ1v) is 14.3. The van der Waals surface area contributed by atoms with Gasteiger partial charge < -0.3 is 20.3 Å². The van der Waals surface area contributed by atoms with Crippen LogP contribution in [0.15, 0.2) is 42.5 Å². The van der Waals surface area contributed by atoms with Crippen LogP contribution in [0.1, 0.15) is 28.4 Å². The number of amides is 1. The van der Waals surface area contributed by atoms with Gasteiger partial charge in [-0.1, -0.05) is 6.07 Å². The van der Waals surface area contributed by atoms with E-state index >= 15 is 0 Å². The molecule has 3 aliphatic heterocycles. The molecule has 0 bridgehead atoms. The van der Waals surface area contributed by atoms with Crippen molar-refractivity contribution in [3.8, 4) is 5.75 Å². The molecule has 0 aliphatic carbocycles. The van der Waals surface area contributed by atoms with Gasteiger partial charge in [0.05, 0.1) is 19.5 Å². The Hall–Kier alpha value is -2.77. The summed E-state index contributed by atoms with van der Waals surface area (Å²) >= 11 is 0. The van der Waals surface area contributed by atoms with E-state index in [9.17, 15) is 17.6 Å². The second kappa shape index (κ2) is 10.5. The summed E-state index contributed by atoms with van der Waals surface area (Å²) in [7, 11) is -1.65. The molecule has 2 aromatic rings. The molecule has 0 aromatic heterocycles. The van der Waals surface area contributed by atoms with E-state index in [1.54, 1.807) is 24.3 Å². The second-order valence-electron chi connectivity index (χ2n) is 9.76. The van der Waals surface area contributed by atoms with E-state index < -0.39 is 10.0 Å². The lowest BCUT2D eigenvalue weighted by Crippen LogP contribution is -2.49. The van der Waals surface area contributed by atoms with Crippen molar-refractivity contribution in [2.75, 3.05) is 51.0 Å². The van der Waals surface area contributed by atoms with Crippen LogP contribution in [0.2, 0.25) is 0 Å². The van der Waals surface area contributed by atoms with Crippen LogP contribution in [-0.2, 0) is 10.0 Å². The van der Waals surface area contributed by atoms with Gasteiger partial charge in [-0.25, -0.2) is 18.2 Å². The smallest absolute Gasteiger partial charge is 0.252 e. The van der Waals surface area contributed by atoms with Crippen molar-refractivity contribution >= 4 is 21.6 Å². The van der Waals surface area contributed by atoms with Crippen LogP contribution < -0.4 is 31.1 Å². The largest absolute Gasteiger partial charge is 0.496 e. The Morgan fingerprint density at radius 2 is 1.81 bits per heavy atom. The minimum absolute atomic E-state index is 0.0462. The third-order valence-electron chi connectivity index (χ3n) is 7.53. The summed E-state index contributed by atoms with van der Waals surface area (Å²) in [6.45, 7) is 2.70. The number of piperazine rings is 1. The van der Waals surface area contributed by atoms with Crippen molar-refractivity contribution in [1.29, 1.82) is 0 Å². The van der Waals surface area contributed by atoms with Gasteiger partial charge in [-0.15, -0.1) is 0 Å². The normalized spacial score (nSPS) is 26.5. The molecule has 3 fully saturated rings. The van der Waals surface area contributed by atoms with Crippen molar-refractivity contribution in [2.24, 2.45) is 5.92 Å². The highest BCUT2D eigenvalue weighted by Gasteiger charge is 2.42. The third-order valence-corrected chi connectivity index (χ3v) is 8.83. The van der Waals surface area contributed by atoms with Crippen molar-refractivity contribution in [2.45, 2.75) is 24.7 Å². The maximum absolute atomic E-state index is 14.7. The molecule has 3 heterocycles. The van der Waals surface area contributed by atoms with Crippen LogP contribution in [0.5, 0.6) is 5.75 Å². The highest BCUT2D eigenvalue weighted by atomic mass is 32.2. The third kappa shape index (κ3) is 5.43. The van der Waals surface area contributed by atoms with Crippen molar-refractivity contribution in [1.82, 2.24) is 25.8 Å². The number of ether oxygens (including phenoxy) is 1. The summed E-state index contributed by atoms with van der Waals surface area (Å²) in [6.07, 6.45) is 1.53. The molecule has 12 heteroatoms. The number of sulfonamides is 1. The van der Waals surface area contributed by atoms with E-state index in [2.05, 4.69) is 26.4 Å². The number of halogens is 1. The Morgan fingerprint density at radius 3 is 2.49 bits per heavy atom. The number of carbonyl (C=O) groups excluding carboxylic acids is 1. The number of nitrogens with one attached hydrogen (secondary N) is 4. The number of fused-ring (bicyclic) bond motifs is 1. The molecule has 10 nitrogen and oxygen atoms in total. The van der Waals surface area contributed by atoms with Crippen LogP contribution in [0.3, 0.4) is 0 Å². The van der Waals surface area contributed by atoms with Gasteiger partial charge >= 0.3 is 0 Å². The molecule has 3 saturated heterocycles. The van der Waals surface area contributed by atoms with E-state index in [0.29, 0.717) is 56.0 Å². The Kier molecular flexibility index (Phi) is 7.37. The zero-order valence-corrected chi connectivity index (χ0v) is 21.7. The number of hydrogen-bond acceptors (Lipinski definition) is 8. The van der Waals surface area contributed by atoms with E-state index in [1.165, 1.54) is 23.7 Å². The molecule has 2 aromatic carbocycles. The maximum Gasteiger partial charge on any atom is 0.252 e. The highest BCUT2D eigenvalue weighted by molar-refractivity contribution is 7.88. The number of piperidine rings is 1. The van der Waals surface area contributed by atoms with Gasteiger partial charge in [-0.2, -0.15) is 4.31 Å². The predicted molar refractivity (Wildman–Crippen MR) is 138 cm³/mol. The fourth-order valence-electron chi connectivity index (χ4n) is 5.49. The fourth-order valence-corrected chi connectivity index (χ4v) is 6.32. The summed E-state index contributed by atoms with van der Waals surface area (Å²) in [5, 5.41) is 6.48. The average Bonchev–Trinajstić information content (AvgIpc) is 3.30. The van der Waals surface area contributed by atoms with Gasteiger partial charge in [0.2, 0.25) is 10.0 Å². The van der Waals surface area contributed by atoms with E-state index in [1.807, 2.05) is 12.1 Å². The summed E-state index contributed by atoms with van der Waals surface area (Å²) < 4.78 is 45.0. The number of benzene rings is 2. The summed E-state index contributed by atoms with van der Waals surface area (Å²) in [5.41, 5.74) is 8.42. The second-order valence-corrected chi connectivity index (χ2v) is 11.7. The standard InChI is InChI=1S/C25H33FN6O4S/c1-36-22-5-3-4-19(26)23(22)20-14-18-21(15-27-20)29-30-24(18)28-25(33)16-6-8-17(9-7-16)31-10-12-32(13-11-31)37(2,34)35/h3-9,18,20-21,24,27,29-30H,10-15H2,1-2H3,(H,28,33). The van der Waals surface area contributed by atoms with E-state index in [4.69, 9.17) is 4.74 Å². The lowest BCUT2D eigenvalue weighted by atomic mass is 9.84. The lowest BCUT2D eigenvalue weighted by Gasteiger charge is -2.35. The number of nitrogens with zero attached hydrogens (tertiary/aromatic N) is 2. The van der Waals surface area contributed by atoms with Gasteiger partial charge in [0, 0.05) is 67.5 Å². The average molecular weight is 533 g/mol. The van der Waals surface area contributed by atoms with Crippen LogP contribution in [0.25, 0.3) is 0 Å². The number of anilines is 1. The first kappa shape index (κ1) is 25.9. The number of carbonyl (C=O) groups is 1. The fraction of sp³-hybridized carbons (Fsp3) is 0.480. The van der Waals surface area contributed by atoms with Crippen molar-refractivity contribution in [3.05, 3.63) is 59.4 Å². The Bertz CT molecular complexity index is 1240. The molecular formula is C25H33FN6O4S. The Morgan fingerprint density at radius 1 is 1.08 bits per heavy atom. The van der Waals surface area contributed by atoms with Gasteiger partial charge in [0.15, 0.2) is 0 Å². The Balaban J connectivity index is 1.21. The topological polar surface area (TPSA) is 115 Å². The van der Waals surface area contributed by atoms with Crippen molar-refractivity contribution in [3.63, 3.8) is 0 Å². The summed E-state index contributed by atoms with van der Waals surface area (Å²) in [5.74, 6) is 0.0396. The van der Waals surface area contributed by atoms with Crippen LogP contribution >= 0.6 is 0 Å². The molecule has 1 amide bonds.